The van der Waals surface area contributed by atoms with Crippen molar-refractivity contribution in [2.75, 3.05) is 13.1 Å². The Labute approximate surface area is 135 Å². The summed E-state index contributed by atoms with van der Waals surface area (Å²) in [5.74, 6) is 0.611. The van der Waals surface area contributed by atoms with Crippen LogP contribution >= 0.6 is 11.6 Å². The highest BCUT2D eigenvalue weighted by Crippen LogP contribution is 2.23. The number of nitrogens with zero attached hydrogens (tertiary/aromatic N) is 1. The minimum Gasteiger partial charge on any atom is -0.316 e. The summed E-state index contributed by atoms with van der Waals surface area (Å²) in [7, 11) is 0. The van der Waals surface area contributed by atoms with Gasteiger partial charge >= 0.3 is 0 Å². The van der Waals surface area contributed by atoms with Gasteiger partial charge in [-0.05, 0) is 48.6 Å². The molecule has 0 bridgehead atoms. The number of carbonyl (C=O) groups is 1. The van der Waals surface area contributed by atoms with Crippen molar-refractivity contribution in [3.8, 4) is 0 Å². The van der Waals surface area contributed by atoms with Crippen LogP contribution in [-0.2, 0) is 6.42 Å². The number of hydrogen-bond acceptors (Lipinski definition) is 3. The summed E-state index contributed by atoms with van der Waals surface area (Å²) < 4.78 is 0. The molecule has 1 fully saturated rings. The number of hydrogen-bond donors (Lipinski definition) is 1. The quantitative estimate of drug-likeness (QED) is 0.876. The van der Waals surface area contributed by atoms with E-state index in [9.17, 15) is 4.79 Å². The van der Waals surface area contributed by atoms with E-state index >= 15 is 0 Å². The lowest BCUT2D eigenvalue weighted by Gasteiger charge is -2.23. The lowest BCUT2D eigenvalue weighted by Crippen LogP contribution is -2.28. The zero-order chi connectivity index (χ0) is 15.4. The fourth-order valence-corrected chi connectivity index (χ4v) is 2.97. The van der Waals surface area contributed by atoms with Gasteiger partial charge in [0.15, 0.2) is 5.78 Å². The van der Waals surface area contributed by atoms with Gasteiger partial charge in [0.1, 0.15) is 5.69 Å². The number of halogens is 1. The van der Waals surface area contributed by atoms with Crippen LogP contribution in [0.1, 0.15) is 40.4 Å². The second-order valence-corrected chi connectivity index (χ2v) is 6.18. The molecule has 0 amide bonds. The number of ketones is 1. The van der Waals surface area contributed by atoms with Crippen LogP contribution in [0.3, 0.4) is 0 Å². The highest BCUT2D eigenvalue weighted by Gasteiger charge is 2.15. The second kappa shape index (κ2) is 7.03. The third-order valence-electron chi connectivity index (χ3n) is 4.13. The maximum atomic E-state index is 12.2. The van der Waals surface area contributed by atoms with E-state index in [1.165, 1.54) is 24.6 Å². The number of Topliss-reactive ketones (excluding diaryl/α,β-unsaturated/α-hetero) is 1. The van der Waals surface area contributed by atoms with Gasteiger partial charge in [-0.25, -0.2) is 0 Å². The minimum absolute atomic E-state index is 0.0174. The van der Waals surface area contributed by atoms with Gasteiger partial charge in [0.2, 0.25) is 0 Å². The average molecular weight is 315 g/mol. The molecule has 1 N–H and O–H groups in total. The zero-order valence-corrected chi connectivity index (χ0v) is 13.1. The van der Waals surface area contributed by atoms with Crippen molar-refractivity contribution in [3.05, 3.63) is 64.4 Å². The van der Waals surface area contributed by atoms with E-state index in [2.05, 4.69) is 34.6 Å². The van der Waals surface area contributed by atoms with Gasteiger partial charge in [-0.1, -0.05) is 35.9 Å². The summed E-state index contributed by atoms with van der Waals surface area (Å²) in [5.41, 5.74) is 2.84. The van der Waals surface area contributed by atoms with E-state index in [0.29, 0.717) is 23.1 Å². The Morgan fingerprint density at radius 1 is 1.23 bits per heavy atom. The van der Waals surface area contributed by atoms with Crippen molar-refractivity contribution in [2.24, 2.45) is 0 Å². The maximum absolute atomic E-state index is 12.2. The molecule has 0 radical (unpaired) electrons. The standard InChI is InChI=1S/C18H19ClN2O/c19-16-7-8-17(21-12-16)18(22)10-13-3-5-14(6-4-13)15-2-1-9-20-11-15/h3-8,12,15,20H,1-2,9-11H2/t15-/m1/s1. The Hall–Kier alpha value is -1.71. The summed E-state index contributed by atoms with van der Waals surface area (Å²) in [6.07, 6.45) is 4.35. The molecule has 1 atom stereocenters. The molecule has 3 rings (SSSR count). The van der Waals surface area contributed by atoms with Crippen molar-refractivity contribution >= 4 is 17.4 Å². The van der Waals surface area contributed by atoms with Gasteiger partial charge in [0, 0.05) is 19.2 Å². The number of carbonyl (C=O) groups excluding carboxylic acids is 1. The Bertz CT molecular complexity index is 631. The van der Waals surface area contributed by atoms with Crippen molar-refractivity contribution in [2.45, 2.75) is 25.2 Å². The fourth-order valence-electron chi connectivity index (χ4n) is 2.86. The average Bonchev–Trinajstić information content (AvgIpc) is 2.57. The second-order valence-electron chi connectivity index (χ2n) is 5.75. The third kappa shape index (κ3) is 3.73. The highest BCUT2D eigenvalue weighted by molar-refractivity contribution is 6.30. The monoisotopic (exact) mass is 314 g/mol. The van der Waals surface area contributed by atoms with Crippen LogP contribution < -0.4 is 5.32 Å². The molecule has 4 heteroatoms. The summed E-state index contributed by atoms with van der Waals surface area (Å²) in [4.78, 5) is 16.3. The zero-order valence-electron chi connectivity index (χ0n) is 12.4. The first-order valence-corrected chi connectivity index (χ1v) is 8.04. The molecule has 3 nitrogen and oxygen atoms in total. The lowest BCUT2D eigenvalue weighted by molar-refractivity contribution is 0.0988. The first-order valence-electron chi connectivity index (χ1n) is 7.67. The van der Waals surface area contributed by atoms with Crippen LogP contribution in [0, 0.1) is 0 Å². The Kier molecular flexibility index (Phi) is 4.86. The summed E-state index contributed by atoms with van der Waals surface area (Å²) >= 11 is 5.79. The molecule has 2 aromatic rings. The number of nitrogens with one attached hydrogen (secondary N) is 1. The van der Waals surface area contributed by atoms with Crippen molar-refractivity contribution in [1.29, 1.82) is 0 Å². The molecule has 0 spiro atoms. The summed E-state index contributed by atoms with van der Waals surface area (Å²) in [5, 5.41) is 3.98. The molecule has 114 valence electrons. The third-order valence-corrected chi connectivity index (χ3v) is 4.35. The highest BCUT2D eigenvalue weighted by atomic mass is 35.5. The predicted molar refractivity (Wildman–Crippen MR) is 88.6 cm³/mol. The van der Waals surface area contributed by atoms with Gasteiger partial charge in [0.25, 0.3) is 0 Å². The molecule has 1 saturated heterocycles. The van der Waals surface area contributed by atoms with E-state index in [-0.39, 0.29) is 5.78 Å². The Morgan fingerprint density at radius 2 is 2.05 bits per heavy atom. The largest absolute Gasteiger partial charge is 0.316 e. The number of aromatic nitrogens is 1. The van der Waals surface area contributed by atoms with E-state index in [1.807, 2.05) is 0 Å². The molecule has 0 aliphatic carbocycles. The van der Waals surface area contributed by atoms with Crippen LogP contribution in [0.4, 0.5) is 0 Å². The molecule has 1 aromatic heterocycles. The molecule has 22 heavy (non-hydrogen) atoms. The Balaban J connectivity index is 1.65. The van der Waals surface area contributed by atoms with Crippen LogP contribution in [0.15, 0.2) is 42.6 Å². The van der Waals surface area contributed by atoms with Crippen LogP contribution in [0.2, 0.25) is 5.02 Å². The minimum atomic E-state index is 0.0174. The van der Waals surface area contributed by atoms with Gasteiger partial charge in [-0.2, -0.15) is 0 Å². The van der Waals surface area contributed by atoms with Gasteiger partial charge in [0.05, 0.1) is 5.02 Å². The van der Waals surface area contributed by atoms with Gasteiger partial charge < -0.3 is 5.32 Å². The molecular formula is C18H19ClN2O. The molecule has 1 aliphatic heterocycles. The number of piperidine rings is 1. The smallest absolute Gasteiger partial charge is 0.185 e. The first-order chi connectivity index (χ1) is 10.7. The lowest BCUT2D eigenvalue weighted by atomic mass is 9.91. The van der Waals surface area contributed by atoms with E-state index in [4.69, 9.17) is 11.6 Å². The predicted octanol–water partition coefficient (Wildman–Crippen LogP) is 3.63. The number of benzene rings is 1. The summed E-state index contributed by atoms with van der Waals surface area (Å²) in [6.45, 7) is 2.17. The van der Waals surface area contributed by atoms with Gasteiger partial charge in [-0.15, -0.1) is 0 Å². The SMILES string of the molecule is O=C(Cc1ccc([C@@H]2CCCNC2)cc1)c1ccc(Cl)cn1. The van der Waals surface area contributed by atoms with Crippen LogP contribution in [0.5, 0.6) is 0 Å². The molecule has 2 heterocycles. The first kappa shape index (κ1) is 15.2. The van der Waals surface area contributed by atoms with E-state index in [1.54, 1.807) is 12.1 Å². The summed E-state index contributed by atoms with van der Waals surface area (Å²) in [6, 6.07) is 11.8. The number of pyridine rings is 1. The van der Waals surface area contributed by atoms with Crippen LogP contribution in [-0.4, -0.2) is 23.9 Å². The van der Waals surface area contributed by atoms with Crippen molar-refractivity contribution in [3.63, 3.8) is 0 Å². The molecular weight excluding hydrogens is 296 g/mol. The maximum Gasteiger partial charge on any atom is 0.185 e. The normalized spacial score (nSPS) is 18.1. The van der Waals surface area contributed by atoms with Crippen molar-refractivity contribution < 1.29 is 4.79 Å². The van der Waals surface area contributed by atoms with E-state index < -0.39 is 0 Å². The van der Waals surface area contributed by atoms with Crippen LogP contribution in [0.25, 0.3) is 0 Å². The van der Waals surface area contributed by atoms with Crippen molar-refractivity contribution in [1.82, 2.24) is 10.3 Å². The molecule has 0 saturated carbocycles. The van der Waals surface area contributed by atoms with Gasteiger partial charge in [-0.3, -0.25) is 9.78 Å². The molecule has 1 aromatic carbocycles. The Morgan fingerprint density at radius 3 is 2.68 bits per heavy atom. The molecule has 1 aliphatic rings. The van der Waals surface area contributed by atoms with E-state index in [0.717, 1.165) is 18.7 Å². The molecule has 0 unspecified atom stereocenters. The topological polar surface area (TPSA) is 42.0 Å². The number of rotatable bonds is 4. The fraction of sp³-hybridized carbons (Fsp3) is 0.333.